The lowest BCUT2D eigenvalue weighted by Gasteiger charge is -2.03. The SMILES string of the molecule is CCC(=O)NCc1ncc(Cl)n1C. The van der Waals surface area contributed by atoms with Crippen LogP contribution in [-0.4, -0.2) is 15.5 Å². The zero-order valence-electron chi connectivity index (χ0n) is 7.67. The highest BCUT2D eigenvalue weighted by Crippen LogP contribution is 2.08. The van der Waals surface area contributed by atoms with E-state index in [2.05, 4.69) is 10.3 Å². The van der Waals surface area contributed by atoms with Crippen LogP contribution in [0, 0.1) is 0 Å². The van der Waals surface area contributed by atoms with E-state index in [0.29, 0.717) is 18.1 Å². The minimum Gasteiger partial charge on any atom is -0.349 e. The number of halogens is 1. The van der Waals surface area contributed by atoms with Crippen molar-refractivity contribution in [3.8, 4) is 0 Å². The van der Waals surface area contributed by atoms with Crippen LogP contribution in [0.25, 0.3) is 0 Å². The average Bonchev–Trinajstić information content (AvgIpc) is 2.44. The van der Waals surface area contributed by atoms with Crippen LogP contribution < -0.4 is 5.32 Å². The fourth-order valence-corrected chi connectivity index (χ4v) is 1.04. The van der Waals surface area contributed by atoms with Gasteiger partial charge in [-0.2, -0.15) is 0 Å². The Bertz CT molecular complexity index is 308. The molecular weight excluding hydrogens is 190 g/mol. The third-order valence-electron chi connectivity index (χ3n) is 1.79. The number of nitrogens with zero attached hydrogens (tertiary/aromatic N) is 2. The average molecular weight is 202 g/mol. The molecule has 0 unspecified atom stereocenters. The number of hydrogen-bond donors (Lipinski definition) is 1. The van der Waals surface area contributed by atoms with E-state index in [9.17, 15) is 4.79 Å². The predicted octanol–water partition coefficient (Wildman–Crippen LogP) is 1.10. The largest absolute Gasteiger partial charge is 0.349 e. The van der Waals surface area contributed by atoms with Crippen molar-refractivity contribution >= 4 is 17.5 Å². The van der Waals surface area contributed by atoms with Crippen LogP contribution in [0.15, 0.2) is 6.20 Å². The normalized spacial score (nSPS) is 10.1. The number of rotatable bonds is 3. The summed E-state index contributed by atoms with van der Waals surface area (Å²) in [5, 5.41) is 3.29. The number of imidazole rings is 1. The molecule has 0 bridgehead atoms. The Hall–Kier alpha value is -1.03. The maximum Gasteiger partial charge on any atom is 0.220 e. The van der Waals surface area contributed by atoms with E-state index in [1.54, 1.807) is 17.7 Å². The Morgan fingerprint density at radius 2 is 2.46 bits per heavy atom. The molecule has 1 amide bonds. The molecule has 1 N–H and O–H groups in total. The summed E-state index contributed by atoms with van der Waals surface area (Å²) in [6, 6.07) is 0. The first-order valence-electron chi connectivity index (χ1n) is 4.08. The quantitative estimate of drug-likeness (QED) is 0.796. The maximum atomic E-state index is 10.9. The van der Waals surface area contributed by atoms with E-state index in [0.717, 1.165) is 5.82 Å². The molecule has 0 radical (unpaired) electrons. The van der Waals surface area contributed by atoms with E-state index in [4.69, 9.17) is 11.6 Å². The molecule has 0 saturated carbocycles. The molecule has 0 fully saturated rings. The lowest BCUT2D eigenvalue weighted by atomic mass is 10.4. The monoisotopic (exact) mass is 201 g/mol. The first kappa shape index (κ1) is 10.1. The second-order valence-electron chi connectivity index (χ2n) is 2.69. The van der Waals surface area contributed by atoms with Crippen LogP contribution in [-0.2, 0) is 18.4 Å². The van der Waals surface area contributed by atoms with Gasteiger partial charge in [0.1, 0.15) is 11.0 Å². The van der Waals surface area contributed by atoms with E-state index in [1.807, 2.05) is 7.05 Å². The van der Waals surface area contributed by atoms with Gasteiger partial charge in [0.15, 0.2) is 0 Å². The van der Waals surface area contributed by atoms with E-state index in [-0.39, 0.29) is 5.91 Å². The number of carbonyl (C=O) groups is 1. The van der Waals surface area contributed by atoms with Gasteiger partial charge < -0.3 is 9.88 Å². The summed E-state index contributed by atoms with van der Waals surface area (Å²) >= 11 is 5.77. The molecule has 0 aliphatic carbocycles. The molecular formula is C8H12ClN3O. The molecule has 0 spiro atoms. The molecule has 1 aromatic rings. The highest BCUT2D eigenvalue weighted by atomic mass is 35.5. The molecule has 0 aliphatic rings. The van der Waals surface area contributed by atoms with E-state index < -0.39 is 0 Å². The lowest BCUT2D eigenvalue weighted by molar-refractivity contribution is -0.120. The van der Waals surface area contributed by atoms with Crippen LogP contribution in [0.4, 0.5) is 0 Å². The highest BCUT2D eigenvalue weighted by molar-refractivity contribution is 6.29. The minimum absolute atomic E-state index is 0.0131. The molecule has 13 heavy (non-hydrogen) atoms. The summed E-state index contributed by atoms with van der Waals surface area (Å²) in [6.07, 6.45) is 2.05. The number of nitrogens with one attached hydrogen (secondary N) is 1. The molecule has 1 heterocycles. The van der Waals surface area contributed by atoms with Crippen LogP contribution in [0.1, 0.15) is 19.2 Å². The van der Waals surface area contributed by atoms with Crippen molar-refractivity contribution in [3.63, 3.8) is 0 Å². The Morgan fingerprint density at radius 3 is 2.92 bits per heavy atom. The summed E-state index contributed by atoms with van der Waals surface area (Å²) in [5.74, 6) is 0.769. The predicted molar refractivity (Wildman–Crippen MR) is 50.4 cm³/mol. The fourth-order valence-electron chi connectivity index (χ4n) is 0.891. The van der Waals surface area contributed by atoms with Gasteiger partial charge in [0.2, 0.25) is 5.91 Å². The third kappa shape index (κ3) is 2.45. The summed E-state index contributed by atoms with van der Waals surface area (Å²) in [6.45, 7) is 2.23. The Morgan fingerprint density at radius 1 is 1.77 bits per heavy atom. The molecule has 0 aliphatic heterocycles. The number of hydrogen-bond acceptors (Lipinski definition) is 2. The first-order valence-corrected chi connectivity index (χ1v) is 4.45. The Kier molecular flexibility index (Phi) is 3.31. The Balaban J connectivity index is 2.55. The second-order valence-corrected chi connectivity index (χ2v) is 3.07. The van der Waals surface area contributed by atoms with Crippen molar-refractivity contribution in [2.45, 2.75) is 19.9 Å². The molecule has 1 rings (SSSR count). The Labute approximate surface area is 81.9 Å². The summed E-state index contributed by atoms with van der Waals surface area (Å²) in [5.41, 5.74) is 0. The molecule has 0 saturated heterocycles. The zero-order chi connectivity index (χ0) is 9.84. The minimum atomic E-state index is 0.0131. The van der Waals surface area contributed by atoms with Gasteiger partial charge in [-0.3, -0.25) is 4.79 Å². The van der Waals surface area contributed by atoms with Gasteiger partial charge in [0.25, 0.3) is 0 Å². The van der Waals surface area contributed by atoms with Crippen LogP contribution in [0.2, 0.25) is 5.15 Å². The molecule has 5 heteroatoms. The van der Waals surface area contributed by atoms with Crippen LogP contribution in [0.3, 0.4) is 0 Å². The molecule has 0 aromatic carbocycles. The van der Waals surface area contributed by atoms with Crippen molar-refractivity contribution in [1.82, 2.24) is 14.9 Å². The number of carbonyl (C=O) groups excluding carboxylic acids is 1. The van der Waals surface area contributed by atoms with Gasteiger partial charge >= 0.3 is 0 Å². The van der Waals surface area contributed by atoms with E-state index >= 15 is 0 Å². The van der Waals surface area contributed by atoms with Gasteiger partial charge in [-0.25, -0.2) is 4.98 Å². The summed E-state index contributed by atoms with van der Waals surface area (Å²) in [4.78, 5) is 15.0. The molecule has 4 nitrogen and oxygen atoms in total. The van der Waals surface area contributed by atoms with Crippen molar-refractivity contribution in [2.75, 3.05) is 0 Å². The molecule has 72 valence electrons. The topological polar surface area (TPSA) is 46.9 Å². The van der Waals surface area contributed by atoms with Gasteiger partial charge in [0.05, 0.1) is 12.7 Å². The van der Waals surface area contributed by atoms with Crippen LogP contribution in [0.5, 0.6) is 0 Å². The lowest BCUT2D eigenvalue weighted by Crippen LogP contribution is -2.23. The van der Waals surface area contributed by atoms with Crippen LogP contribution >= 0.6 is 11.6 Å². The van der Waals surface area contributed by atoms with Crippen molar-refractivity contribution in [1.29, 1.82) is 0 Å². The van der Waals surface area contributed by atoms with Gasteiger partial charge in [-0.1, -0.05) is 18.5 Å². The third-order valence-corrected chi connectivity index (χ3v) is 2.14. The van der Waals surface area contributed by atoms with E-state index in [1.165, 1.54) is 0 Å². The zero-order valence-corrected chi connectivity index (χ0v) is 8.43. The summed E-state index contributed by atoms with van der Waals surface area (Å²) < 4.78 is 1.73. The summed E-state index contributed by atoms with van der Waals surface area (Å²) in [7, 11) is 1.81. The van der Waals surface area contributed by atoms with Gasteiger partial charge in [-0.15, -0.1) is 0 Å². The van der Waals surface area contributed by atoms with Crippen molar-refractivity contribution in [3.05, 3.63) is 17.2 Å². The second kappa shape index (κ2) is 4.28. The fraction of sp³-hybridized carbons (Fsp3) is 0.500. The smallest absolute Gasteiger partial charge is 0.220 e. The number of amides is 1. The van der Waals surface area contributed by atoms with Crippen molar-refractivity contribution in [2.24, 2.45) is 7.05 Å². The number of aromatic nitrogens is 2. The van der Waals surface area contributed by atoms with Crippen molar-refractivity contribution < 1.29 is 4.79 Å². The standard InChI is InChI=1S/C8H12ClN3O/c1-3-8(13)11-5-7-10-4-6(9)12(7)2/h4H,3,5H2,1-2H3,(H,11,13). The maximum absolute atomic E-state index is 10.9. The van der Waals surface area contributed by atoms with Gasteiger partial charge in [-0.05, 0) is 0 Å². The highest BCUT2D eigenvalue weighted by Gasteiger charge is 2.04. The molecule has 1 aromatic heterocycles. The van der Waals surface area contributed by atoms with Gasteiger partial charge in [0, 0.05) is 13.5 Å². The molecule has 0 atom stereocenters. The first-order chi connectivity index (χ1) is 6.15.